The number of nitrogens with zero attached hydrogens (tertiary/aromatic N) is 2. The van der Waals surface area contributed by atoms with Gasteiger partial charge in [-0.25, -0.2) is 0 Å². The molecular formula is C20H24N2O3. The van der Waals surface area contributed by atoms with Crippen LogP contribution < -0.4 is 4.74 Å². The van der Waals surface area contributed by atoms with Crippen molar-refractivity contribution in [1.29, 1.82) is 0 Å². The number of piperazine rings is 1. The number of amides is 1. The third-order valence-electron chi connectivity index (χ3n) is 4.61. The van der Waals surface area contributed by atoms with Crippen LogP contribution in [0.1, 0.15) is 21.5 Å². The molecule has 5 nitrogen and oxygen atoms in total. The van der Waals surface area contributed by atoms with Gasteiger partial charge in [0.2, 0.25) is 0 Å². The predicted octanol–water partition coefficient (Wildman–Crippen LogP) is 2.15. The Balaban J connectivity index is 1.52. The molecule has 1 amide bonds. The Morgan fingerprint density at radius 3 is 2.12 bits per heavy atom. The van der Waals surface area contributed by atoms with Crippen LogP contribution in [0.25, 0.3) is 0 Å². The first-order valence-electron chi connectivity index (χ1n) is 8.54. The maximum Gasteiger partial charge on any atom is 0.253 e. The summed E-state index contributed by atoms with van der Waals surface area (Å²) in [6.07, 6.45) is 0. The van der Waals surface area contributed by atoms with Gasteiger partial charge >= 0.3 is 0 Å². The van der Waals surface area contributed by atoms with Gasteiger partial charge in [0.05, 0.1) is 13.7 Å². The first-order valence-corrected chi connectivity index (χ1v) is 8.54. The Kier molecular flexibility index (Phi) is 5.68. The molecule has 3 rings (SSSR count). The topological polar surface area (TPSA) is 53.0 Å². The second-order valence-electron chi connectivity index (χ2n) is 6.27. The maximum atomic E-state index is 12.6. The molecule has 0 radical (unpaired) electrons. The second kappa shape index (κ2) is 8.14. The van der Waals surface area contributed by atoms with E-state index in [9.17, 15) is 4.79 Å². The van der Waals surface area contributed by atoms with Crippen LogP contribution in [-0.4, -0.2) is 54.1 Å². The number of benzene rings is 2. The van der Waals surface area contributed by atoms with E-state index in [1.807, 2.05) is 41.3 Å². The lowest BCUT2D eigenvalue weighted by molar-refractivity contribution is 0.0628. The molecule has 1 aliphatic heterocycles. The van der Waals surface area contributed by atoms with E-state index in [4.69, 9.17) is 9.84 Å². The minimum atomic E-state index is 0.0758. The molecule has 1 aliphatic rings. The first-order chi connectivity index (χ1) is 12.2. The van der Waals surface area contributed by atoms with Gasteiger partial charge in [-0.1, -0.05) is 24.3 Å². The van der Waals surface area contributed by atoms with E-state index in [0.29, 0.717) is 5.56 Å². The fourth-order valence-corrected chi connectivity index (χ4v) is 3.03. The van der Waals surface area contributed by atoms with Crippen LogP contribution in [0, 0.1) is 0 Å². The zero-order chi connectivity index (χ0) is 17.6. The van der Waals surface area contributed by atoms with Crippen molar-refractivity contribution < 1.29 is 14.6 Å². The van der Waals surface area contributed by atoms with Gasteiger partial charge in [0.25, 0.3) is 5.91 Å². The Labute approximate surface area is 148 Å². The summed E-state index contributed by atoms with van der Waals surface area (Å²) in [5.74, 6) is 0.836. The second-order valence-corrected chi connectivity index (χ2v) is 6.27. The van der Waals surface area contributed by atoms with Gasteiger partial charge in [-0.2, -0.15) is 0 Å². The third-order valence-corrected chi connectivity index (χ3v) is 4.61. The lowest BCUT2D eigenvalue weighted by Gasteiger charge is -2.34. The minimum Gasteiger partial charge on any atom is -0.497 e. The van der Waals surface area contributed by atoms with E-state index < -0.39 is 0 Å². The molecule has 1 heterocycles. The van der Waals surface area contributed by atoms with Gasteiger partial charge in [-0.3, -0.25) is 9.69 Å². The maximum absolute atomic E-state index is 12.6. The van der Waals surface area contributed by atoms with Crippen LogP contribution in [-0.2, 0) is 13.2 Å². The van der Waals surface area contributed by atoms with Gasteiger partial charge in [0, 0.05) is 38.3 Å². The number of hydrogen-bond acceptors (Lipinski definition) is 4. The van der Waals surface area contributed by atoms with E-state index in [-0.39, 0.29) is 12.5 Å². The Morgan fingerprint density at radius 1 is 0.960 bits per heavy atom. The molecule has 0 aromatic heterocycles. The number of aliphatic hydroxyl groups excluding tert-OH is 1. The van der Waals surface area contributed by atoms with Crippen LogP contribution in [0.3, 0.4) is 0 Å². The molecule has 0 saturated carbocycles. The van der Waals surface area contributed by atoms with Crippen LogP contribution >= 0.6 is 0 Å². The molecule has 5 heteroatoms. The molecule has 2 aromatic rings. The fourth-order valence-electron chi connectivity index (χ4n) is 3.03. The van der Waals surface area contributed by atoms with Crippen molar-refractivity contribution in [1.82, 2.24) is 9.80 Å². The number of hydrogen-bond donors (Lipinski definition) is 1. The number of methoxy groups -OCH3 is 1. The largest absolute Gasteiger partial charge is 0.497 e. The quantitative estimate of drug-likeness (QED) is 0.906. The summed E-state index contributed by atoms with van der Waals surface area (Å²) in [5.41, 5.74) is 2.86. The normalized spacial score (nSPS) is 15.2. The number of carbonyl (C=O) groups excluding carboxylic acids is 1. The van der Waals surface area contributed by atoms with Crippen molar-refractivity contribution in [2.75, 3.05) is 33.3 Å². The zero-order valence-corrected chi connectivity index (χ0v) is 14.5. The molecule has 0 bridgehead atoms. The molecule has 2 aromatic carbocycles. The van der Waals surface area contributed by atoms with Gasteiger partial charge in [0.1, 0.15) is 5.75 Å². The highest BCUT2D eigenvalue weighted by Gasteiger charge is 2.22. The van der Waals surface area contributed by atoms with Gasteiger partial charge in [-0.15, -0.1) is 0 Å². The van der Waals surface area contributed by atoms with E-state index in [0.717, 1.165) is 44.0 Å². The highest BCUT2D eigenvalue weighted by Crippen LogP contribution is 2.15. The molecule has 0 atom stereocenters. The number of aliphatic hydroxyl groups is 1. The summed E-state index contributed by atoms with van der Waals surface area (Å²) in [7, 11) is 1.62. The third kappa shape index (κ3) is 4.38. The van der Waals surface area contributed by atoms with E-state index in [1.165, 1.54) is 5.56 Å². The summed E-state index contributed by atoms with van der Waals surface area (Å²) in [6, 6.07) is 15.3. The van der Waals surface area contributed by atoms with Crippen LogP contribution in [0.5, 0.6) is 5.75 Å². The van der Waals surface area contributed by atoms with E-state index >= 15 is 0 Å². The molecule has 1 N–H and O–H groups in total. The van der Waals surface area contributed by atoms with Gasteiger partial charge in [0.15, 0.2) is 0 Å². The Bertz CT molecular complexity index is 690. The van der Waals surface area contributed by atoms with Crippen LogP contribution in [0.2, 0.25) is 0 Å². The Morgan fingerprint density at radius 2 is 1.56 bits per heavy atom. The highest BCUT2D eigenvalue weighted by atomic mass is 16.5. The van der Waals surface area contributed by atoms with Gasteiger partial charge < -0.3 is 14.7 Å². The average Bonchev–Trinajstić information content (AvgIpc) is 2.69. The summed E-state index contributed by atoms with van der Waals surface area (Å²) < 4.78 is 5.13. The lowest BCUT2D eigenvalue weighted by atomic mass is 10.1. The van der Waals surface area contributed by atoms with Crippen molar-refractivity contribution >= 4 is 5.91 Å². The molecule has 25 heavy (non-hydrogen) atoms. The summed E-state index contributed by atoms with van der Waals surface area (Å²) in [5, 5.41) is 9.10. The SMILES string of the molecule is COc1ccc(C(=O)N2CCN(Cc3ccc(CO)cc3)CC2)cc1. The fraction of sp³-hybridized carbons (Fsp3) is 0.350. The van der Waals surface area contributed by atoms with Crippen molar-refractivity contribution in [2.45, 2.75) is 13.2 Å². The molecule has 1 fully saturated rings. The number of ether oxygens (including phenoxy) is 1. The average molecular weight is 340 g/mol. The zero-order valence-electron chi connectivity index (χ0n) is 14.5. The summed E-state index contributed by atoms with van der Waals surface area (Å²) in [4.78, 5) is 16.8. The predicted molar refractivity (Wildman–Crippen MR) is 96.5 cm³/mol. The van der Waals surface area contributed by atoms with E-state index in [2.05, 4.69) is 17.0 Å². The van der Waals surface area contributed by atoms with E-state index in [1.54, 1.807) is 7.11 Å². The molecular weight excluding hydrogens is 316 g/mol. The number of carbonyl (C=O) groups is 1. The monoisotopic (exact) mass is 340 g/mol. The summed E-state index contributed by atoms with van der Waals surface area (Å²) in [6.45, 7) is 4.15. The Hall–Kier alpha value is -2.37. The lowest BCUT2D eigenvalue weighted by Crippen LogP contribution is -2.48. The van der Waals surface area contributed by atoms with Crippen LogP contribution in [0.15, 0.2) is 48.5 Å². The smallest absolute Gasteiger partial charge is 0.253 e. The molecule has 0 aliphatic carbocycles. The molecule has 0 spiro atoms. The van der Waals surface area contributed by atoms with Gasteiger partial charge in [-0.05, 0) is 35.4 Å². The standard InChI is InChI=1S/C20H24N2O3/c1-25-19-8-6-18(7-9-19)20(24)22-12-10-21(11-13-22)14-16-2-4-17(15-23)5-3-16/h2-9,23H,10-15H2,1H3. The van der Waals surface area contributed by atoms with Crippen molar-refractivity contribution in [2.24, 2.45) is 0 Å². The molecule has 1 saturated heterocycles. The van der Waals surface area contributed by atoms with Crippen molar-refractivity contribution in [3.63, 3.8) is 0 Å². The van der Waals surface area contributed by atoms with Crippen LogP contribution in [0.4, 0.5) is 0 Å². The summed E-state index contributed by atoms with van der Waals surface area (Å²) >= 11 is 0. The van der Waals surface area contributed by atoms with Crippen molar-refractivity contribution in [3.05, 3.63) is 65.2 Å². The van der Waals surface area contributed by atoms with Crippen molar-refractivity contribution in [3.8, 4) is 5.75 Å². The minimum absolute atomic E-state index is 0.0758. The highest BCUT2D eigenvalue weighted by molar-refractivity contribution is 5.94. The molecule has 132 valence electrons. The first kappa shape index (κ1) is 17.5. The molecule has 0 unspecified atom stereocenters. The number of rotatable bonds is 5.